The first-order valence-corrected chi connectivity index (χ1v) is 15.7. The van der Waals surface area contributed by atoms with Gasteiger partial charge in [0.25, 0.3) is 0 Å². The van der Waals surface area contributed by atoms with E-state index in [1.807, 2.05) is 0 Å². The maximum absolute atomic E-state index is 12.8. The SMILES string of the molecule is CCC(=O)N(CCNC(=O)C(CCCCN(CC(=O)O)CC(=O)O)NC(C)=O)CC(=O)NC(CCCCN(CC(=O)O)CC(=O)O)C(N)=O. The summed E-state index contributed by atoms with van der Waals surface area (Å²) in [5, 5.41) is 43.4. The standard InChI is InChI=1S/C29H49N7O13/c1-3-23(39)36(14-22(38)33-20(28(30)48)8-4-6-11-34(15-24(40)41)16-25(42)43)13-10-31-29(49)21(32-19(2)37)9-5-7-12-35(17-26(44)45)18-27(46)47/h20-21H,3-18H2,1-2H3,(H2,30,48)(H,31,49)(H,32,37)(H,33,38)(H,40,41)(H,42,43)(H,44,45)(H,46,47). The van der Waals surface area contributed by atoms with Crippen molar-refractivity contribution in [2.75, 3.05) is 58.9 Å². The second-order valence-corrected chi connectivity index (χ2v) is 11.2. The van der Waals surface area contributed by atoms with Gasteiger partial charge >= 0.3 is 23.9 Å². The molecule has 9 N–H and O–H groups in total. The van der Waals surface area contributed by atoms with Gasteiger partial charge in [-0.25, -0.2) is 0 Å². The van der Waals surface area contributed by atoms with Gasteiger partial charge in [-0.05, 0) is 51.6 Å². The number of unbranched alkanes of at least 4 members (excludes halogenated alkanes) is 2. The zero-order valence-corrected chi connectivity index (χ0v) is 27.9. The van der Waals surface area contributed by atoms with E-state index >= 15 is 0 Å². The molecule has 0 rings (SSSR count). The summed E-state index contributed by atoms with van der Waals surface area (Å²) >= 11 is 0. The summed E-state index contributed by atoms with van der Waals surface area (Å²) in [5.41, 5.74) is 5.42. The van der Waals surface area contributed by atoms with Crippen LogP contribution in [0.5, 0.6) is 0 Å². The number of nitrogens with two attached hydrogens (primary N) is 1. The molecule has 5 amide bonds. The van der Waals surface area contributed by atoms with E-state index in [-0.39, 0.29) is 45.4 Å². The zero-order chi connectivity index (χ0) is 37.5. The van der Waals surface area contributed by atoms with E-state index < -0.39 is 98.2 Å². The molecule has 0 saturated heterocycles. The number of nitrogens with one attached hydrogen (secondary N) is 3. The molecule has 2 unspecified atom stereocenters. The zero-order valence-electron chi connectivity index (χ0n) is 27.9. The molecule has 0 bridgehead atoms. The van der Waals surface area contributed by atoms with E-state index in [4.69, 9.17) is 26.2 Å². The Hall–Kier alpha value is -4.85. The molecule has 20 heteroatoms. The van der Waals surface area contributed by atoms with Crippen LogP contribution in [-0.2, 0) is 43.2 Å². The Morgan fingerprint density at radius 1 is 0.633 bits per heavy atom. The summed E-state index contributed by atoms with van der Waals surface area (Å²) in [6.45, 7) is 0.474. The fourth-order valence-electron chi connectivity index (χ4n) is 4.73. The average molecular weight is 704 g/mol. The number of nitrogens with zero attached hydrogens (tertiary/aromatic N) is 3. The van der Waals surface area contributed by atoms with Crippen molar-refractivity contribution < 1.29 is 63.6 Å². The highest BCUT2D eigenvalue weighted by molar-refractivity contribution is 5.89. The van der Waals surface area contributed by atoms with E-state index in [0.717, 1.165) is 4.90 Å². The second-order valence-electron chi connectivity index (χ2n) is 11.2. The average Bonchev–Trinajstić information content (AvgIpc) is 2.97. The van der Waals surface area contributed by atoms with Crippen LogP contribution in [0.3, 0.4) is 0 Å². The summed E-state index contributed by atoms with van der Waals surface area (Å²) in [7, 11) is 0. The third kappa shape index (κ3) is 22.4. The lowest BCUT2D eigenvalue weighted by Crippen LogP contribution is -2.51. The van der Waals surface area contributed by atoms with Gasteiger partial charge in [0, 0.05) is 26.4 Å². The second kappa shape index (κ2) is 24.3. The van der Waals surface area contributed by atoms with E-state index in [9.17, 15) is 43.2 Å². The maximum Gasteiger partial charge on any atom is 0.317 e. The van der Waals surface area contributed by atoms with Crippen LogP contribution in [0.25, 0.3) is 0 Å². The maximum atomic E-state index is 12.8. The van der Waals surface area contributed by atoms with Gasteiger partial charge in [0.2, 0.25) is 29.5 Å². The number of primary amides is 1. The highest BCUT2D eigenvalue weighted by Gasteiger charge is 2.24. The number of rotatable bonds is 28. The topological polar surface area (TPSA) is 306 Å². The van der Waals surface area contributed by atoms with Crippen molar-refractivity contribution in [1.29, 1.82) is 0 Å². The van der Waals surface area contributed by atoms with Gasteiger partial charge in [-0.1, -0.05) is 6.92 Å². The molecule has 0 aliphatic rings. The summed E-state index contributed by atoms with van der Waals surface area (Å²) in [4.78, 5) is 109. The lowest BCUT2D eigenvalue weighted by atomic mass is 10.1. The molecule has 0 aliphatic heterocycles. The Balaban J connectivity index is 5.06. The number of carboxylic acid groups (broad SMARTS) is 4. The van der Waals surface area contributed by atoms with Crippen LogP contribution in [0.4, 0.5) is 0 Å². The van der Waals surface area contributed by atoms with Crippen LogP contribution < -0.4 is 21.7 Å². The van der Waals surface area contributed by atoms with Gasteiger partial charge in [-0.3, -0.25) is 53.0 Å². The fraction of sp³-hybridized carbons (Fsp3) is 0.690. The number of carbonyl (C=O) groups excluding carboxylic acids is 5. The molecule has 0 aliphatic carbocycles. The van der Waals surface area contributed by atoms with Gasteiger partial charge in [-0.15, -0.1) is 0 Å². The first-order valence-electron chi connectivity index (χ1n) is 15.7. The van der Waals surface area contributed by atoms with Crippen LogP contribution in [0.1, 0.15) is 58.8 Å². The normalized spacial score (nSPS) is 12.1. The first kappa shape index (κ1) is 44.1. The molecule has 20 nitrogen and oxygen atoms in total. The molecule has 0 aromatic carbocycles. The third-order valence-corrected chi connectivity index (χ3v) is 6.91. The van der Waals surface area contributed by atoms with Crippen LogP contribution in [0.15, 0.2) is 0 Å². The third-order valence-electron chi connectivity index (χ3n) is 6.91. The van der Waals surface area contributed by atoms with Crippen molar-refractivity contribution in [1.82, 2.24) is 30.7 Å². The van der Waals surface area contributed by atoms with Crippen LogP contribution in [-0.4, -0.2) is 160 Å². The fourth-order valence-corrected chi connectivity index (χ4v) is 4.73. The van der Waals surface area contributed by atoms with Crippen LogP contribution >= 0.6 is 0 Å². The minimum absolute atomic E-state index is 0.0267. The van der Waals surface area contributed by atoms with Gasteiger partial charge < -0.3 is 47.0 Å². The molecule has 0 aromatic heterocycles. The smallest absolute Gasteiger partial charge is 0.317 e. The Bertz CT molecular complexity index is 1140. The Labute approximate surface area is 283 Å². The predicted octanol–water partition coefficient (Wildman–Crippen LogP) is -2.90. The molecule has 0 spiro atoms. The number of carboxylic acids is 4. The van der Waals surface area contributed by atoms with Crippen molar-refractivity contribution in [3.05, 3.63) is 0 Å². The van der Waals surface area contributed by atoms with E-state index in [1.165, 1.54) is 16.7 Å². The summed E-state index contributed by atoms with van der Waals surface area (Å²) in [6, 6.07) is -2.09. The molecule has 0 saturated carbocycles. The summed E-state index contributed by atoms with van der Waals surface area (Å²) in [6.07, 6.45) is 1.56. The molecule has 0 fully saturated rings. The van der Waals surface area contributed by atoms with E-state index in [2.05, 4.69) is 16.0 Å². The lowest BCUT2D eigenvalue weighted by Gasteiger charge is -2.24. The quantitative estimate of drug-likeness (QED) is 0.0379. The number of hydrogen-bond acceptors (Lipinski definition) is 11. The molecule has 278 valence electrons. The van der Waals surface area contributed by atoms with Crippen molar-refractivity contribution in [2.45, 2.75) is 70.9 Å². The highest BCUT2D eigenvalue weighted by Crippen LogP contribution is 2.06. The van der Waals surface area contributed by atoms with Crippen LogP contribution in [0, 0.1) is 0 Å². The predicted molar refractivity (Wildman–Crippen MR) is 170 cm³/mol. The Morgan fingerprint density at radius 3 is 1.47 bits per heavy atom. The highest BCUT2D eigenvalue weighted by atomic mass is 16.4. The van der Waals surface area contributed by atoms with Crippen LogP contribution in [0.2, 0.25) is 0 Å². The summed E-state index contributed by atoms with van der Waals surface area (Å²) < 4.78 is 0. The van der Waals surface area contributed by atoms with Crippen molar-refractivity contribution in [3.8, 4) is 0 Å². The molecule has 0 radical (unpaired) electrons. The van der Waals surface area contributed by atoms with Gasteiger partial charge in [0.15, 0.2) is 0 Å². The minimum Gasteiger partial charge on any atom is -0.480 e. The molecule has 2 atom stereocenters. The lowest BCUT2D eigenvalue weighted by molar-refractivity contribution is -0.143. The van der Waals surface area contributed by atoms with Gasteiger partial charge in [-0.2, -0.15) is 0 Å². The molecule has 0 aromatic rings. The van der Waals surface area contributed by atoms with Gasteiger partial charge in [0.1, 0.15) is 12.1 Å². The molecule has 0 heterocycles. The Kier molecular flexibility index (Phi) is 21.9. The minimum atomic E-state index is -1.20. The first-order chi connectivity index (χ1) is 22.9. The number of aliphatic carboxylic acids is 4. The number of carbonyl (C=O) groups is 9. The van der Waals surface area contributed by atoms with E-state index in [1.54, 1.807) is 6.92 Å². The molecular formula is C29H49N7O13. The van der Waals surface area contributed by atoms with Crippen molar-refractivity contribution >= 4 is 53.4 Å². The van der Waals surface area contributed by atoms with Crippen molar-refractivity contribution in [3.63, 3.8) is 0 Å². The molecule has 49 heavy (non-hydrogen) atoms. The van der Waals surface area contributed by atoms with Gasteiger partial charge in [0.05, 0.1) is 32.7 Å². The van der Waals surface area contributed by atoms with Crippen molar-refractivity contribution in [2.24, 2.45) is 5.73 Å². The van der Waals surface area contributed by atoms with E-state index in [0.29, 0.717) is 25.7 Å². The monoisotopic (exact) mass is 703 g/mol. The molecular weight excluding hydrogens is 654 g/mol. The summed E-state index contributed by atoms with van der Waals surface area (Å²) in [5.74, 6) is -7.81. The number of amides is 5. The number of hydrogen-bond donors (Lipinski definition) is 8. The Morgan fingerprint density at radius 2 is 1.08 bits per heavy atom. The largest absolute Gasteiger partial charge is 0.480 e.